The van der Waals surface area contributed by atoms with E-state index in [0.29, 0.717) is 28.2 Å². The summed E-state index contributed by atoms with van der Waals surface area (Å²) in [6, 6.07) is 8.47. The van der Waals surface area contributed by atoms with Gasteiger partial charge in [-0.1, -0.05) is 0 Å². The van der Waals surface area contributed by atoms with E-state index in [4.69, 9.17) is 4.74 Å². The largest absolute Gasteiger partial charge is 0.496 e. The molecule has 0 atom stereocenters. The number of nitrogens with one attached hydrogen (secondary N) is 1. The van der Waals surface area contributed by atoms with E-state index in [0.717, 1.165) is 0 Å². The highest BCUT2D eigenvalue weighted by atomic mass is 19.1. The number of halogens is 2. The second-order valence-electron chi connectivity index (χ2n) is 4.09. The van der Waals surface area contributed by atoms with E-state index in [1.165, 1.54) is 31.4 Å². The van der Waals surface area contributed by atoms with Crippen LogP contribution in [0.25, 0.3) is 22.4 Å². The molecule has 0 spiro atoms. The van der Waals surface area contributed by atoms with Gasteiger partial charge < -0.3 is 9.72 Å². The minimum absolute atomic E-state index is 0.339. The predicted molar refractivity (Wildman–Crippen MR) is 68.0 cm³/mol. The van der Waals surface area contributed by atoms with E-state index in [1.807, 2.05) is 0 Å². The van der Waals surface area contributed by atoms with E-state index in [1.54, 1.807) is 12.1 Å². The minimum atomic E-state index is -0.386. The Morgan fingerprint density at radius 3 is 2.58 bits per heavy atom. The van der Waals surface area contributed by atoms with Gasteiger partial charge in [-0.2, -0.15) is 0 Å². The number of methoxy groups -OCH3 is 1. The maximum atomic E-state index is 13.1. The third-order valence-corrected chi connectivity index (χ3v) is 2.86. The first kappa shape index (κ1) is 11.6. The van der Waals surface area contributed by atoms with Crippen LogP contribution in [0.3, 0.4) is 0 Å². The van der Waals surface area contributed by atoms with Crippen molar-refractivity contribution in [2.75, 3.05) is 7.11 Å². The third kappa shape index (κ3) is 2.03. The molecular formula is C14H10F2N2O. The number of benzene rings is 2. The highest BCUT2D eigenvalue weighted by Crippen LogP contribution is 2.30. The predicted octanol–water partition coefficient (Wildman–Crippen LogP) is 3.52. The van der Waals surface area contributed by atoms with Gasteiger partial charge in [-0.25, -0.2) is 13.8 Å². The van der Waals surface area contributed by atoms with E-state index >= 15 is 0 Å². The highest BCUT2D eigenvalue weighted by molar-refractivity contribution is 5.80. The topological polar surface area (TPSA) is 37.9 Å². The molecule has 0 bridgehead atoms. The van der Waals surface area contributed by atoms with Crippen LogP contribution in [0.2, 0.25) is 0 Å². The average molecular weight is 260 g/mol. The normalized spacial score (nSPS) is 10.9. The molecule has 3 rings (SSSR count). The Balaban J connectivity index is 2.18. The molecule has 0 fully saturated rings. The smallest absolute Gasteiger partial charge is 0.142 e. The van der Waals surface area contributed by atoms with Crippen molar-refractivity contribution in [2.24, 2.45) is 0 Å². The maximum Gasteiger partial charge on any atom is 0.142 e. The van der Waals surface area contributed by atoms with Gasteiger partial charge in [0, 0.05) is 6.07 Å². The van der Waals surface area contributed by atoms with E-state index in [2.05, 4.69) is 9.97 Å². The number of H-pyrrole nitrogens is 1. The lowest BCUT2D eigenvalue weighted by atomic mass is 10.2. The molecule has 0 radical (unpaired) electrons. The van der Waals surface area contributed by atoms with Crippen molar-refractivity contribution in [2.45, 2.75) is 0 Å². The molecule has 1 heterocycles. The number of imidazole rings is 1. The Kier molecular flexibility index (Phi) is 2.67. The zero-order valence-corrected chi connectivity index (χ0v) is 10.1. The zero-order chi connectivity index (χ0) is 13.4. The lowest BCUT2D eigenvalue weighted by Crippen LogP contribution is -1.90. The molecular weight excluding hydrogens is 250 g/mol. The van der Waals surface area contributed by atoms with Gasteiger partial charge in [0.2, 0.25) is 0 Å². The number of hydrogen-bond donors (Lipinski definition) is 1. The van der Waals surface area contributed by atoms with Crippen LogP contribution in [-0.4, -0.2) is 17.1 Å². The van der Waals surface area contributed by atoms with Gasteiger partial charge in [0.1, 0.15) is 23.2 Å². The molecule has 3 aromatic rings. The SMILES string of the molecule is COc1cc(F)ccc1-c1nc2ccc(F)cc2[nH]1. The van der Waals surface area contributed by atoms with Crippen LogP contribution in [0.5, 0.6) is 5.75 Å². The number of ether oxygens (including phenoxy) is 1. The number of aromatic nitrogens is 2. The minimum Gasteiger partial charge on any atom is -0.496 e. The lowest BCUT2D eigenvalue weighted by Gasteiger charge is -2.05. The summed E-state index contributed by atoms with van der Waals surface area (Å²) in [5, 5.41) is 0. The number of rotatable bonds is 2. The van der Waals surface area contributed by atoms with E-state index in [-0.39, 0.29) is 11.6 Å². The Morgan fingerprint density at radius 2 is 1.79 bits per heavy atom. The first-order valence-corrected chi connectivity index (χ1v) is 5.66. The van der Waals surface area contributed by atoms with E-state index in [9.17, 15) is 8.78 Å². The molecule has 1 aromatic heterocycles. The first-order chi connectivity index (χ1) is 9.17. The van der Waals surface area contributed by atoms with Gasteiger partial charge in [0.25, 0.3) is 0 Å². The van der Waals surface area contributed by atoms with Gasteiger partial charge in [0.15, 0.2) is 0 Å². The summed E-state index contributed by atoms with van der Waals surface area (Å²) in [7, 11) is 1.46. The second kappa shape index (κ2) is 4.35. The second-order valence-corrected chi connectivity index (χ2v) is 4.09. The van der Waals surface area contributed by atoms with Crippen molar-refractivity contribution < 1.29 is 13.5 Å². The fourth-order valence-corrected chi connectivity index (χ4v) is 1.97. The molecule has 19 heavy (non-hydrogen) atoms. The standard InChI is InChI=1S/C14H10F2N2O/c1-19-13-7-9(16)2-4-10(13)14-17-11-5-3-8(15)6-12(11)18-14/h2-7H,1H3,(H,17,18). The fourth-order valence-electron chi connectivity index (χ4n) is 1.97. The molecule has 0 amide bonds. The van der Waals surface area contributed by atoms with Crippen LogP contribution in [0.1, 0.15) is 0 Å². The molecule has 0 saturated carbocycles. The summed E-state index contributed by atoms with van der Waals surface area (Å²) >= 11 is 0. The molecule has 0 aliphatic rings. The Hall–Kier alpha value is -2.43. The number of aromatic amines is 1. The summed E-state index contributed by atoms with van der Waals surface area (Å²) < 4.78 is 31.4. The summed E-state index contributed by atoms with van der Waals surface area (Å²) in [4.78, 5) is 7.33. The Labute approximate surface area is 107 Å². The molecule has 2 aromatic carbocycles. The number of nitrogens with zero attached hydrogens (tertiary/aromatic N) is 1. The van der Waals surface area contributed by atoms with Crippen LogP contribution in [-0.2, 0) is 0 Å². The van der Waals surface area contributed by atoms with Crippen LogP contribution in [0.4, 0.5) is 8.78 Å². The van der Waals surface area contributed by atoms with Crippen LogP contribution in [0, 0.1) is 11.6 Å². The van der Waals surface area contributed by atoms with Gasteiger partial charge >= 0.3 is 0 Å². The Bertz CT molecular complexity index is 752. The van der Waals surface area contributed by atoms with E-state index < -0.39 is 0 Å². The Morgan fingerprint density at radius 1 is 1.05 bits per heavy atom. The van der Waals surface area contributed by atoms with Crippen molar-refractivity contribution in [1.29, 1.82) is 0 Å². The highest BCUT2D eigenvalue weighted by Gasteiger charge is 2.11. The van der Waals surface area contributed by atoms with Crippen LogP contribution in [0.15, 0.2) is 36.4 Å². The molecule has 0 aliphatic carbocycles. The monoisotopic (exact) mass is 260 g/mol. The van der Waals surface area contributed by atoms with Crippen molar-refractivity contribution in [3.63, 3.8) is 0 Å². The summed E-state index contributed by atoms with van der Waals surface area (Å²) in [5.74, 6) is 0.161. The summed E-state index contributed by atoms with van der Waals surface area (Å²) in [6.45, 7) is 0. The van der Waals surface area contributed by atoms with Crippen LogP contribution >= 0.6 is 0 Å². The van der Waals surface area contributed by atoms with Crippen molar-refractivity contribution in [1.82, 2.24) is 9.97 Å². The lowest BCUT2D eigenvalue weighted by molar-refractivity contribution is 0.412. The van der Waals surface area contributed by atoms with Crippen LogP contribution < -0.4 is 4.74 Å². The molecule has 5 heteroatoms. The van der Waals surface area contributed by atoms with Crippen molar-refractivity contribution in [3.05, 3.63) is 48.0 Å². The average Bonchev–Trinajstić information content (AvgIpc) is 2.81. The van der Waals surface area contributed by atoms with Gasteiger partial charge in [-0.3, -0.25) is 0 Å². The van der Waals surface area contributed by atoms with Crippen molar-refractivity contribution >= 4 is 11.0 Å². The van der Waals surface area contributed by atoms with Crippen molar-refractivity contribution in [3.8, 4) is 17.1 Å². The maximum absolute atomic E-state index is 13.1. The molecule has 0 aliphatic heterocycles. The fraction of sp³-hybridized carbons (Fsp3) is 0.0714. The third-order valence-electron chi connectivity index (χ3n) is 2.86. The number of hydrogen-bond acceptors (Lipinski definition) is 2. The molecule has 0 saturated heterocycles. The van der Waals surface area contributed by atoms with Gasteiger partial charge in [-0.15, -0.1) is 0 Å². The van der Waals surface area contributed by atoms with Gasteiger partial charge in [0.05, 0.1) is 23.7 Å². The quantitative estimate of drug-likeness (QED) is 0.765. The number of fused-ring (bicyclic) bond motifs is 1. The molecule has 96 valence electrons. The van der Waals surface area contributed by atoms with Gasteiger partial charge in [-0.05, 0) is 30.3 Å². The summed E-state index contributed by atoms with van der Waals surface area (Å²) in [6.07, 6.45) is 0. The zero-order valence-electron chi connectivity index (χ0n) is 10.1. The molecule has 1 N–H and O–H groups in total. The molecule has 0 unspecified atom stereocenters. The first-order valence-electron chi connectivity index (χ1n) is 5.66. The molecule has 3 nitrogen and oxygen atoms in total. The summed E-state index contributed by atoms with van der Waals surface area (Å²) in [5.41, 5.74) is 1.85.